The number of carbonyl (C=O) groups excluding carboxylic acids is 1. The number of esters is 1. The zero-order valence-electron chi connectivity index (χ0n) is 14.9. The summed E-state index contributed by atoms with van der Waals surface area (Å²) in [4.78, 5) is 15.2. The summed E-state index contributed by atoms with van der Waals surface area (Å²) in [5.74, 6) is -0.507. The average molecular weight is 329 g/mol. The molecule has 1 unspecified atom stereocenters. The molecule has 1 atom stereocenters. The molecule has 0 spiro atoms. The largest absolute Gasteiger partial charge is 0.469 e. The number of H-pyrrole nitrogens is 1. The van der Waals surface area contributed by atoms with Crippen molar-refractivity contribution in [3.63, 3.8) is 0 Å². The van der Waals surface area contributed by atoms with Crippen LogP contribution in [0.5, 0.6) is 0 Å². The maximum absolute atomic E-state index is 11.9. The van der Waals surface area contributed by atoms with Crippen LogP contribution < -0.4 is 0 Å². The third kappa shape index (κ3) is 2.96. The second kappa shape index (κ2) is 5.94. The molecule has 0 aliphatic carbocycles. The van der Waals surface area contributed by atoms with Crippen molar-refractivity contribution in [1.82, 2.24) is 4.98 Å². The second-order valence-electron chi connectivity index (χ2n) is 7.34. The highest BCUT2D eigenvalue weighted by Gasteiger charge is 2.54. The molecule has 0 saturated carbocycles. The Labute approximate surface area is 142 Å². The number of hydrogen-bond donors (Lipinski definition) is 1. The molecule has 2 heterocycles. The van der Waals surface area contributed by atoms with Gasteiger partial charge in [0.15, 0.2) is 0 Å². The minimum atomic E-state index is -0.499. The molecule has 128 valence electrons. The van der Waals surface area contributed by atoms with Crippen LogP contribution in [0, 0.1) is 0 Å². The van der Waals surface area contributed by atoms with Crippen LogP contribution >= 0.6 is 0 Å². The molecule has 0 amide bonds. The Kier molecular flexibility index (Phi) is 4.22. The van der Waals surface area contributed by atoms with Gasteiger partial charge in [-0.25, -0.2) is 0 Å². The minimum Gasteiger partial charge on any atom is -0.469 e. The maximum atomic E-state index is 11.9. The van der Waals surface area contributed by atoms with Crippen LogP contribution in [0.4, 0.5) is 0 Å². The van der Waals surface area contributed by atoms with Gasteiger partial charge in [-0.2, -0.15) is 0 Å². The summed E-state index contributed by atoms with van der Waals surface area (Å²) in [5, 5.41) is 1.13. The van der Waals surface area contributed by atoms with E-state index in [0.717, 1.165) is 16.5 Å². The lowest BCUT2D eigenvalue weighted by Crippen LogP contribution is -2.41. The number of aromatic amines is 1. The molecule has 1 aliphatic rings. The lowest BCUT2D eigenvalue weighted by molar-refractivity contribution is -0.140. The molecule has 1 saturated heterocycles. The van der Waals surface area contributed by atoms with Gasteiger partial charge in [0.25, 0.3) is 0 Å². The van der Waals surface area contributed by atoms with E-state index in [4.69, 9.17) is 14.0 Å². The summed E-state index contributed by atoms with van der Waals surface area (Å²) in [6.45, 7) is 8.04. The maximum Gasteiger partial charge on any atom is 0.466 e. The second-order valence-corrected chi connectivity index (χ2v) is 7.34. The molecular formula is C18H24BNO4. The smallest absolute Gasteiger partial charge is 0.466 e. The Morgan fingerprint density at radius 1 is 1.21 bits per heavy atom. The van der Waals surface area contributed by atoms with E-state index in [1.165, 1.54) is 7.11 Å². The van der Waals surface area contributed by atoms with Gasteiger partial charge in [0.05, 0.1) is 24.7 Å². The summed E-state index contributed by atoms with van der Waals surface area (Å²) < 4.78 is 17.2. The van der Waals surface area contributed by atoms with Crippen molar-refractivity contribution < 1.29 is 18.8 Å². The standard InChI is InChI=1S/C18H24BNO4/c1-17(2)18(3,4)24-19(23-17)14(11-16(21)22-5)13-7-6-12-8-9-20-15(12)10-13/h6-10,14,20H,11H2,1-5H3. The zero-order chi connectivity index (χ0) is 17.5. The normalized spacial score (nSPS) is 20.3. The molecule has 6 heteroatoms. The minimum absolute atomic E-state index is 0.208. The Morgan fingerprint density at radius 3 is 2.50 bits per heavy atom. The summed E-state index contributed by atoms with van der Waals surface area (Å²) in [6, 6.07) is 8.13. The molecule has 1 fully saturated rings. The number of hydrogen-bond acceptors (Lipinski definition) is 4. The highest BCUT2D eigenvalue weighted by Crippen LogP contribution is 2.42. The van der Waals surface area contributed by atoms with E-state index in [-0.39, 0.29) is 18.2 Å². The number of ether oxygens (including phenoxy) is 1. The first-order valence-electron chi connectivity index (χ1n) is 8.23. The topological polar surface area (TPSA) is 60.6 Å². The van der Waals surface area contributed by atoms with E-state index in [9.17, 15) is 4.79 Å². The van der Waals surface area contributed by atoms with Crippen LogP contribution in [0.1, 0.15) is 45.5 Å². The third-order valence-corrected chi connectivity index (χ3v) is 5.22. The number of nitrogens with one attached hydrogen (secondary N) is 1. The van der Waals surface area contributed by atoms with Gasteiger partial charge in [-0.1, -0.05) is 12.1 Å². The summed E-state index contributed by atoms with van der Waals surface area (Å²) in [7, 11) is 0.902. The quantitative estimate of drug-likeness (QED) is 0.689. The van der Waals surface area contributed by atoms with Crippen molar-refractivity contribution in [2.75, 3.05) is 7.11 Å². The van der Waals surface area contributed by atoms with E-state index >= 15 is 0 Å². The fourth-order valence-corrected chi connectivity index (χ4v) is 2.98. The van der Waals surface area contributed by atoms with Crippen molar-refractivity contribution >= 4 is 24.0 Å². The number of rotatable bonds is 4. The van der Waals surface area contributed by atoms with Gasteiger partial charge < -0.3 is 19.0 Å². The van der Waals surface area contributed by atoms with Gasteiger partial charge in [0, 0.05) is 17.5 Å². The molecule has 24 heavy (non-hydrogen) atoms. The lowest BCUT2D eigenvalue weighted by Gasteiger charge is -2.32. The lowest BCUT2D eigenvalue weighted by atomic mass is 9.66. The number of benzene rings is 1. The van der Waals surface area contributed by atoms with E-state index < -0.39 is 18.3 Å². The molecule has 3 rings (SSSR count). The summed E-state index contributed by atoms with van der Waals surface area (Å²) >= 11 is 0. The fourth-order valence-electron chi connectivity index (χ4n) is 2.98. The predicted molar refractivity (Wildman–Crippen MR) is 93.8 cm³/mol. The van der Waals surface area contributed by atoms with Crippen LogP contribution in [0.3, 0.4) is 0 Å². The van der Waals surface area contributed by atoms with Gasteiger partial charge in [-0.15, -0.1) is 0 Å². The summed E-state index contributed by atoms with van der Waals surface area (Å²) in [5.41, 5.74) is 1.14. The van der Waals surface area contributed by atoms with Gasteiger partial charge in [0.1, 0.15) is 0 Å². The molecule has 5 nitrogen and oxygen atoms in total. The van der Waals surface area contributed by atoms with Gasteiger partial charge >= 0.3 is 13.1 Å². The summed E-state index contributed by atoms with van der Waals surface area (Å²) in [6.07, 6.45) is 2.11. The van der Waals surface area contributed by atoms with Crippen molar-refractivity contribution in [2.24, 2.45) is 0 Å². The Bertz CT molecular complexity index is 736. The average Bonchev–Trinajstić information content (AvgIpc) is 3.05. The first-order valence-corrected chi connectivity index (χ1v) is 8.23. The van der Waals surface area contributed by atoms with Crippen molar-refractivity contribution in [3.05, 3.63) is 36.0 Å². The highest BCUT2D eigenvalue weighted by atomic mass is 16.7. The molecular weight excluding hydrogens is 305 g/mol. The van der Waals surface area contributed by atoms with E-state index in [0.29, 0.717) is 0 Å². The van der Waals surface area contributed by atoms with Gasteiger partial charge in [-0.3, -0.25) is 4.79 Å². The van der Waals surface area contributed by atoms with Crippen LogP contribution in [0.2, 0.25) is 0 Å². The van der Waals surface area contributed by atoms with Crippen LogP contribution in [-0.4, -0.2) is 36.4 Å². The van der Waals surface area contributed by atoms with E-state index in [1.54, 1.807) is 0 Å². The molecule has 1 N–H and O–H groups in total. The third-order valence-electron chi connectivity index (χ3n) is 5.22. The van der Waals surface area contributed by atoms with Crippen LogP contribution in [0.25, 0.3) is 10.9 Å². The molecule has 2 aromatic rings. The zero-order valence-corrected chi connectivity index (χ0v) is 14.9. The predicted octanol–water partition coefficient (Wildman–Crippen LogP) is 3.45. The fraction of sp³-hybridized carbons (Fsp3) is 0.500. The highest BCUT2D eigenvalue weighted by molar-refractivity contribution is 6.48. The van der Waals surface area contributed by atoms with Gasteiger partial charge in [-0.05, 0) is 50.8 Å². The molecule has 0 radical (unpaired) electrons. The van der Waals surface area contributed by atoms with Crippen LogP contribution in [-0.2, 0) is 18.8 Å². The van der Waals surface area contributed by atoms with Crippen LogP contribution in [0.15, 0.2) is 30.5 Å². The molecule has 1 aromatic carbocycles. The Morgan fingerprint density at radius 2 is 1.88 bits per heavy atom. The number of aromatic nitrogens is 1. The number of fused-ring (bicyclic) bond motifs is 1. The van der Waals surface area contributed by atoms with E-state index in [1.807, 2.05) is 58.2 Å². The van der Waals surface area contributed by atoms with Crippen molar-refractivity contribution in [3.8, 4) is 0 Å². The number of carbonyl (C=O) groups is 1. The Balaban J connectivity index is 1.96. The van der Waals surface area contributed by atoms with Crippen molar-refractivity contribution in [1.29, 1.82) is 0 Å². The Hall–Kier alpha value is -1.79. The first-order chi connectivity index (χ1) is 11.2. The van der Waals surface area contributed by atoms with E-state index in [2.05, 4.69) is 4.98 Å². The van der Waals surface area contributed by atoms with Gasteiger partial charge in [0.2, 0.25) is 0 Å². The molecule has 0 bridgehead atoms. The molecule has 1 aliphatic heterocycles. The monoisotopic (exact) mass is 329 g/mol. The van der Waals surface area contributed by atoms with Crippen molar-refractivity contribution in [2.45, 2.75) is 51.1 Å². The SMILES string of the molecule is COC(=O)CC(B1OC(C)(C)C(C)(C)O1)c1ccc2cc[nH]c2c1. The molecule has 1 aromatic heterocycles. The number of methoxy groups -OCH3 is 1. The first kappa shape index (κ1) is 17.1.